The minimum absolute atomic E-state index is 0.332. The molecule has 0 saturated heterocycles. The second kappa shape index (κ2) is 3.49. The van der Waals surface area contributed by atoms with E-state index in [1.54, 1.807) is 0 Å². The first-order valence-electron chi connectivity index (χ1n) is 5.13. The Bertz CT molecular complexity index is 500. The van der Waals surface area contributed by atoms with E-state index in [9.17, 15) is 4.79 Å². The van der Waals surface area contributed by atoms with Crippen LogP contribution >= 0.6 is 0 Å². The minimum Gasteiger partial charge on any atom is -0.457 e. The van der Waals surface area contributed by atoms with Gasteiger partial charge in [0.1, 0.15) is 11.5 Å². The molecule has 2 heteroatoms. The van der Waals surface area contributed by atoms with Gasteiger partial charge in [0.15, 0.2) is 0 Å². The maximum absolute atomic E-state index is 11.1. The molecule has 77 valence electrons. The van der Waals surface area contributed by atoms with Gasteiger partial charge in [-0.2, -0.15) is 0 Å². The zero-order chi connectivity index (χ0) is 11.0. The van der Waals surface area contributed by atoms with Crippen LogP contribution in [0.15, 0.2) is 48.5 Å². The number of carbonyl (C=O) groups excluding carboxylic acids is 1. The molecule has 0 aliphatic carbocycles. The Kier molecular flexibility index (Phi) is 2.00. The Morgan fingerprint density at radius 3 is 1.88 bits per heavy atom. The van der Waals surface area contributed by atoms with Crippen molar-refractivity contribution in [3.05, 3.63) is 59.7 Å². The van der Waals surface area contributed by atoms with Gasteiger partial charge in [-0.15, -0.1) is 0 Å². The highest BCUT2D eigenvalue weighted by Crippen LogP contribution is 2.42. The van der Waals surface area contributed by atoms with E-state index in [0.29, 0.717) is 0 Å². The molecule has 16 heavy (non-hydrogen) atoms. The van der Waals surface area contributed by atoms with Crippen molar-refractivity contribution in [2.45, 2.75) is 5.92 Å². The van der Waals surface area contributed by atoms with Crippen LogP contribution in [0.2, 0.25) is 0 Å². The third kappa shape index (κ3) is 1.23. The second-order valence-electron chi connectivity index (χ2n) is 3.73. The van der Waals surface area contributed by atoms with Crippen LogP contribution in [0.25, 0.3) is 0 Å². The van der Waals surface area contributed by atoms with Crippen LogP contribution in [-0.2, 0) is 4.79 Å². The first-order chi connectivity index (χ1) is 7.90. The Morgan fingerprint density at radius 2 is 1.38 bits per heavy atom. The minimum atomic E-state index is -0.332. The fourth-order valence-corrected chi connectivity index (χ4v) is 2.04. The van der Waals surface area contributed by atoms with Crippen molar-refractivity contribution in [2.24, 2.45) is 0 Å². The molecule has 0 bridgehead atoms. The standard InChI is InChI=1S/C14H9O2/c15-9-12-10-5-1-3-7-13(10)16-14-8-4-2-6-11(12)14/h1-8,12H. The van der Waals surface area contributed by atoms with E-state index in [1.807, 2.05) is 48.5 Å². The monoisotopic (exact) mass is 209 g/mol. The van der Waals surface area contributed by atoms with Gasteiger partial charge >= 0.3 is 0 Å². The lowest BCUT2D eigenvalue weighted by Crippen LogP contribution is -2.10. The van der Waals surface area contributed by atoms with Crippen LogP contribution in [0.4, 0.5) is 0 Å². The number of ether oxygens (including phenoxy) is 1. The molecule has 0 spiro atoms. The Labute approximate surface area is 93.5 Å². The maximum atomic E-state index is 11.1. The van der Waals surface area contributed by atoms with Crippen molar-refractivity contribution in [3.63, 3.8) is 0 Å². The Morgan fingerprint density at radius 1 is 0.875 bits per heavy atom. The molecule has 0 unspecified atom stereocenters. The summed E-state index contributed by atoms with van der Waals surface area (Å²) in [5.74, 6) is 1.16. The lowest BCUT2D eigenvalue weighted by atomic mass is 9.89. The van der Waals surface area contributed by atoms with Crippen LogP contribution in [-0.4, -0.2) is 6.29 Å². The van der Waals surface area contributed by atoms with E-state index in [2.05, 4.69) is 6.29 Å². The summed E-state index contributed by atoms with van der Waals surface area (Å²) in [6, 6.07) is 15.1. The SMILES string of the molecule is O=[C]C1c2ccccc2Oc2ccccc21. The van der Waals surface area contributed by atoms with Crippen molar-refractivity contribution in [1.29, 1.82) is 0 Å². The maximum Gasteiger partial charge on any atom is 0.211 e. The van der Waals surface area contributed by atoms with E-state index in [1.165, 1.54) is 0 Å². The highest BCUT2D eigenvalue weighted by atomic mass is 16.5. The van der Waals surface area contributed by atoms with Gasteiger partial charge in [-0.3, -0.25) is 4.79 Å². The van der Waals surface area contributed by atoms with Crippen LogP contribution in [0.3, 0.4) is 0 Å². The molecule has 0 amide bonds. The van der Waals surface area contributed by atoms with Crippen molar-refractivity contribution in [2.75, 3.05) is 0 Å². The smallest absolute Gasteiger partial charge is 0.211 e. The van der Waals surface area contributed by atoms with Gasteiger partial charge < -0.3 is 4.74 Å². The van der Waals surface area contributed by atoms with Gasteiger partial charge in [0.2, 0.25) is 6.29 Å². The number of fused-ring (bicyclic) bond motifs is 2. The molecule has 2 nitrogen and oxygen atoms in total. The van der Waals surface area contributed by atoms with Crippen molar-refractivity contribution >= 4 is 6.29 Å². The molecule has 0 fully saturated rings. The summed E-state index contributed by atoms with van der Waals surface area (Å²) in [7, 11) is 0. The fourth-order valence-electron chi connectivity index (χ4n) is 2.04. The number of hydrogen-bond acceptors (Lipinski definition) is 2. The Balaban J connectivity index is 2.23. The Hall–Kier alpha value is -2.09. The summed E-state index contributed by atoms with van der Waals surface area (Å²) in [5, 5.41) is 0. The second-order valence-corrected chi connectivity index (χ2v) is 3.73. The molecular formula is C14H9O2. The normalized spacial score (nSPS) is 13.5. The molecule has 1 radical (unpaired) electrons. The summed E-state index contributed by atoms with van der Waals surface area (Å²) in [4.78, 5) is 11.1. The molecule has 1 heterocycles. The van der Waals surface area contributed by atoms with Crippen molar-refractivity contribution in [1.82, 2.24) is 0 Å². The third-order valence-corrected chi connectivity index (χ3v) is 2.80. The first kappa shape index (κ1) is 9.16. The molecule has 0 aromatic heterocycles. The topological polar surface area (TPSA) is 26.3 Å². The molecule has 0 saturated carbocycles. The van der Waals surface area contributed by atoms with Gasteiger partial charge in [0.25, 0.3) is 0 Å². The largest absolute Gasteiger partial charge is 0.457 e. The number of hydrogen-bond donors (Lipinski definition) is 0. The van der Waals surface area contributed by atoms with E-state index in [-0.39, 0.29) is 5.92 Å². The highest BCUT2D eigenvalue weighted by Gasteiger charge is 2.26. The highest BCUT2D eigenvalue weighted by molar-refractivity contribution is 5.74. The molecule has 2 aromatic rings. The quantitative estimate of drug-likeness (QED) is 0.721. The van der Waals surface area contributed by atoms with Gasteiger partial charge in [-0.25, -0.2) is 0 Å². The third-order valence-electron chi connectivity index (χ3n) is 2.80. The van der Waals surface area contributed by atoms with Gasteiger partial charge in [-0.1, -0.05) is 36.4 Å². The predicted molar refractivity (Wildman–Crippen MR) is 60.5 cm³/mol. The fraction of sp³-hybridized carbons (Fsp3) is 0.0714. The summed E-state index contributed by atoms with van der Waals surface area (Å²) in [6.07, 6.45) is 2.09. The zero-order valence-corrected chi connectivity index (χ0v) is 8.51. The van der Waals surface area contributed by atoms with Crippen molar-refractivity contribution in [3.8, 4) is 11.5 Å². The average molecular weight is 209 g/mol. The van der Waals surface area contributed by atoms with Gasteiger partial charge in [0, 0.05) is 11.1 Å². The lowest BCUT2D eigenvalue weighted by molar-refractivity contribution is 0.452. The van der Waals surface area contributed by atoms with E-state index in [0.717, 1.165) is 22.6 Å². The predicted octanol–water partition coefficient (Wildman–Crippen LogP) is 3.03. The summed E-state index contributed by atoms with van der Waals surface area (Å²) in [6.45, 7) is 0. The van der Waals surface area contributed by atoms with Crippen LogP contribution in [0, 0.1) is 0 Å². The molecule has 3 rings (SSSR count). The zero-order valence-electron chi connectivity index (χ0n) is 8.51. The molecule has 1 aliphatic rings. The van der Waals surface area contributed by atoms with E-state index >= 15 is 0 Å². The van der Waals surface area contributed by atoms with E-state index in [4.69, 9.17) is 4.74 Å². The van der Waals surface area contributed by atoms with Crippen LogP contribution in [0.5, 0.6) is 11.5 Å². The molecule has 2 aromatic carbocycles. The molecular weight excluding hydrogens is 200 g/mol. The summed E-state index contributed by atoms with van der Waals surface area (Å²) in [5.41, 5.74) is 1.77. The molecule has 1 aliphatic heterocycles. The average Bonchev–Trinajstić information content (AvgIpc) is 2.36. The number of benzene rings is 2. The number of rotatable bonds is 1. The van der Waals surface area contributed by atoms with Crippen LogP contribution in [0.1, 0.15) is 17.0 Å². The van der Waals surface area contributed by atoms with E-state index < -0.39 is 0 Å². The van der Waals surface area contributed by atoms with Crippen LogP contribution < -0.4 is 4.74 Å². The molecule has 0 N–H and O–H groups in total. The van der Waals surface area contributed by atoms with Gasteiger partial charge in [-0.05, 0) is 12.1 Å². The van der Waals surface area contributed by atoms with Crippen molar-refractivity contribution < 1.29 is 9.53 Å². The van der Waals surface area contributed by atoms with Gasteiger partial charge in [0.05, 0.1) is 5.92 Å². The first-order valence-corrected chi connectivity index (χ1v) is 5.13. The number of para-hydroxylation sites is 2. The summed E-state index contributed by atoms with van der Waals surface area (Å²) < 4.78 is 5.73. The lowest BCUT2D eigenvalue weighted by Gasteiger charge is -2.23. The molecule has 0 atom stereocenters. The summed E-state index contributed by atoms with van der Waals surface area (Å²) >= 11 is 0.